The molecule has 7 nitrogen and oxygen atoms in total. The maximum Gasteiger partial charge on any atom is 0.272 e. The van der Waals surface area contributed by atoms with Crippen molar-refractivity contribution in [3.05, 3.63) is 56.8 Å². The Morgan fingerprint density at radius 2 is 1.69 bits per heavy atom. The SMILES string of the molecule is O=C(NNc1c(Cl)cc(Cl)cc1Cl)c1cc(S(=O)(=O)N2CCOCC2)ccc1F. The Bertz CT molecular complexity index is 1020. The Hall–Kier alpha value is -1.62. The van der Waals surface area contributed by atoms with Gasteiger partial charge < -0.3 is 4.74 Å². The summed E-state index contributed by atoms with van der Waals surface area (Å²) in [6.07, 6.45) is 0. The summed E-state index contributed by atoms with van der Waals surface area (Å²) in [4.78, 5) is 12.2. The van der Waals surface area contributed by atoms with Gasteiger partial charge in [-0.05, 0) is 30.3 Å². The summed E-state index contributed by atoms with van der Waals surface area (Å²) in [5.41, 5.74) is 4.43. The number of benzene rings is 2. The fourth-order valence-corrected chi connectivity index (χ4v) is 4.97. The first-order valence-electron chi connectivity index (χ1n) is 8.28. The molecule has 29 heavy (non-hydrogen) atoms. The summed E-state index contributed by atoms with van der Waals surface area (Å²) < 4.78 is 46.0. The van der Waals surface area contributed by atoms with Crippen LogP contribution in [0.25, 0.3) is 0 Å². The molecule has 3 rings (SSSR count). The minimum Gasteiger partial charge on any atom is -0.379 e. The molecular weight excluding hydrogens is 468 g/mol. The highest BCUT2D eigenvalue weighted by molar-refractivity contribution is 7.89. The summed E-state index contributed by atoms with van der Waals surface area (Å²) >= 11 is 17.9. The van der Waals surface area contributed by atoms with E-state index in [-0.39, 0.29) is 46.9 Å². The number of amides is 1. The lowest BCUT2D eigenvalue weighted by Gasteiger charge is -2.26. The fraction of sp³-hybridized carbons (Fsp3) is 0.235. The molecule has 0 aromatic heterocycles. The Kier molecular flexibility index (Phi) is 6.87. The van der Waals surface area contributed by atoms with E-state index in [9.17, 15) is 17.6 Å². The third-order valence-electron chi connectivity index (χ3n) is 4.10. The molecule has 12 heteroatoms. The number of hydrogen-bond acceptors (Lipinski definition) is 5. The van der Waals surface area contributed by atoms with Crippen LogP contribution in [-0.2, 0) is 14.8 Å². The highest BCUT2D eigenvalue weighted by Gasteiger charge is 2.28. The van der Waals surface area contributed by atoms with Crippen LogP contribution in [0.3, 0.4) is 0 Å². The van der Waals surface area contributed by atoms with Crippen molar-refractivity contribution in [3.63, 3.8) is 0 Å². The lowest BCUT2D eigenvalue weighted by molar-refractivity contribution is 0.0730. The van der Waals surface area contributed by atoms with Crippen molar-refractivity contribution in [2.45, 2.75) is 4.90 Å². The number of hydrazine groups is 1. The zero-order valence-electron chi connectivity index (χ0n) is 14.7. The van der Waals surface area contributed by atoms with E-state index in [1.165, 1.54) is 16.4 Å². The Labute approximate surface area is 181 Å². The predicted octanol–water partition coefficient (Wildman–Crippen LogP) is 3.56. The second-order valence-electron chi connectivity index (χ2n) is 5.98. The van der Waals surface area contributed by atoms with E-state index < -0.39 is 27.3 Å². The van der Waals surface area contributed by atoms with Gasteiger partial charge in [-0.15, -0.1) is 0 Å². The molecule has 0 atom stereocenters. The van der Waals surface area contributed by atoms with Crippen LogP contribution >= 0.6 is 34.8 Å². The normalized spacial score (nSPS) is 15.2. The summed E-state index contributed by atoms with van der Waals surface area (Å²) in [6, 6.07) is 5.81. The molecular formula is C17H15Cl3FN3O4S. The van der Waals surface area contributed by atoms with Crippen LogP contribution < -0.4 is 10.9 Å². The van der Waals surface area contributed by atoms with Gasteiger partial charge in [-0.3, -0.25) is 15.6 Å². The number of rotatable bonds is 5. The van der Waals surface area contributed by atoms with Gasteiger partial charge in [0, 0.05) is 18.1 Å². The lowest BCUT2D eigenvalue weighted by atomic mass is 10.2. The summed E-state index contributed by atoms with van der Waals surface area (Å²) in [7, 11) is -3.89. The molecule has 1 aliphatic rings. The van der Waals surface area contributed by atoms with Crippen LogP contribution in [0.1, 0.15) is 10.4 Å². The molecule has 2 N–H and O–H groups in total. The van der Waals surface area contributed by atoms with Gasteiger partial charge in [-0.25, -0.2) is 12.8 Å². The summed E-state index contributed by atoms with van der Waals surface area (Å²) in [6.45, 7) is 0.882. The molecule has 0 unspecified atom stereocenters. The molecule has 0 radical (unpaired) electrons. The number of nitrogens with one attached hydrogen (secondary N) is 2. The molecule has 0 spiro atoms. The molecule has 1 amide bonds. The van der Waals surface area contributed by atoms with E-state index in [0.29, 0.717) is 5.02 Å². The van der Waals surface area contributed by atoms with Crippen molar-refractivity contribution in [2.75, 3.05) is 31.7 Å². The zero-order valence-corrected chi connectivity index (χ0v) is 17.8. The highest BCUT2D eigenvalue weighted by atomic mass is 35.5. The van der Waals surface area contributed by atoms with Gasteiger partial charge in [0.2, 0.25) is 10.0 Å². The van der Waals surface area contributed by atoms with Crippen molar-refractivity contribution in [1.82, 2.24) is 9.73 Å². The van der Waals surface area contributed by atoms with Gasteiger partial charge in [0.25, 0.3) is 5.91 Å². The molecule has 1 saturated heterocycles. The topological polar surface area (TPSA) is 87.7 Å². The van der Waals surface area contributed by atoms with Crippen LogP contribution in [0.15, 0.2) is 35.2 Å². The van der Waals surface area contributed by atoms with Gasteiger partial charge in [0.1, 0.15) is 5.82 Å². The van der Waals surface area contributed by atoms with Crippen LogP contribution in [0.4, 0.5) is 10.1 Å². The molecule has 0 bridgehead atoms. The zero-order chi connectivity index (χ0) is 21.2. The Balaban J connectivity index is 1.82. The van der Waals surface area contributed by atoms with Crippen LogP contribution in [0, 0.1) is 5.82 Å². The van der Waals surface area contributed by atoms with E-state index in [2.05, 4.69) is 10.9 Å². The molecule has 2 aromatic carbocycles. The standard InChI is InChI=1S/C17H15Cl3FN3O4S/c18-10-7-13(19)16(14(20)8-10)22-23-17(25)12-9-11(1-2-15(12)21)29(26,27)24-3-5-28-6-4-24/h1-2,7-9,22H,3-6H2,(H,23,25). The van der Waals surface area contributed by atoms with E-state index in [4.69, 9.17) is 39.5 Å². The van der Waals surface area contributed by atoms with Crippen molar-refractivity contribution < 1.29 is 22.3 Å². The average Bonchev–Trinajstić information content (AvgIpc) is 2.67. The van der Waals surface area contributed by atoms with E-state index in [1.54, 1.807) is 0 Å². The summed E-state index contributed by atoms with van der Waals surface area (Å²) in [5, 5.41) is 0.558. The first-order valence-corrected chi connectivity index (χ1v) is 10.9. The number of halogens is 4. The number of morpholine rings is 1. The maximum absolute atomic E-state index is 14.2. The first kappa shape index (κ1) is 22.1. The minimum absolute atomic E-state index is 0.131. The quantitative estimate of drug-likeness (QED) is 0.636. The molecule has 1 aliphatic heterocycles. The number of hydrogen-bond donors (Lipinski definition) is 2. The molecule has 0 saturated carbocycles. The van der Waals surface area contributed by atoms with Gasteiger partial charge in [-0.2, -0.15) is 4.31 Å². The largest absolute Gasteiger partial charge is 0.379 e. The number of anilines is 1. The third kappa shape index (κ3) is 4.93. The first-order chi connectivity index (χ1) is 13.7. The van der Waals surface area contributed by atoms with Gasteiger partial charge in [-0.1, -0.05) is 34.8 Å². The fourth-order valence-electron chi connectivity index (χ4n) is 2.62. The average molecular weight is 483 g/mol. The Morgan fingerprint density at radius 1 is 1.07 bits per heavy atom. The van der Waals surface area contributed by atoms with Crippen LogP contribution in [0.5, 0.6) is 0 Å². The lowest BCUT2D eigenvalue weighted by Crippen LogP contribution is -2.40. The number of carbonyl (C=O) groups is 1. The van der Waals surface area contributed by atoms with E-state index in [1.807, 2.05) is 0 Å². The molecule has 0 aliphatic carbocycles. The van der Waals surface area contributed by atoms with Crippen LogP contribution in [-0.4, -0.2) is 44.9 Å². The molecule has 1 fully saturated rings. The third-order valence-corrected chi connectivity index (χ3v) is 6.81. The minimum atomic E-state index is -3.89. The van der Waals surface area contributed by atoms with Crippen molar-refractivity contribution in [3.8, 4) is 0 Å². The van der Waals surface area contributed by atoms with Gasteiger partial charge in [0.15, 0.2) is 0 Å². The van der Waals surface area contributed by atoms with Crippen molar-refractivity contribution in [2.24, 2.45) is 0 Å². The second kappa shape index (κ2) is 9.03. The van der Waals surface area contributed by atoms with Gasteiger partial charge >= 0.3 is 0 Å². The smallest absolute Gasteiger partial charge is 0.272 e. The Morgan fingerprint density at radius 3 is 2.31 bits per heavy atom. The number of nitrogens with zero attached hydrogens (tertiary/aromatic N) is 1. The second-order valence-corrected chi connectivity index (χ2v) is 9.17. The molecule has 1 heterocycles. The molecule has 2 aromatic rings. The number of sulfonamides is 1. The number of ether oxygens (including phenoxy) is 1. The maximum atomic E-state index is 14.2. The monoisotopic (exact) mass is 481 g/mol. The van der Waals surface area contributed by atoms with Crippen LogP contribution in [0.2, 0.25) is 15.1 Å². The molecule has 156 valence electrons. The van der Waals surface area contributed by atoms with Crippen molar-refractivity contribution >= 4 is 56.4 Å². The van der Waals surface area contributed by atoms with Gasteiger partial charge in [0.05, 0.1) is 39.4 Å². The van der Waals surface area contributed by atoms with E-state index in [0.717, 1.165) is 18.2 Å². The summed E-state index contributed by atoms with van der Waals surface area (Å²) in [5.74, 6) is -1.80. The number of carbonyl (C=O) groups excluding carboxylic acids is 1. The predicted molar refractivity (Wildman–Crippen MR) is 109 cm³/mol. The van der Waals surface area contributed by atoms with E-state index >= 15 is 0 Å². The highest BCUT2D eigenvalue weighted by Crippen LogP contribution is 2.33. The van der Waals surface area contributed by atoms with Crippen molar-refractivity contribution in [1.29, 1.82) is 0 Å².